The summed E-state index contributed by atoms with van der Waals surface area (Å²) in [6, 6.07) is 0. The fourth-order valence-corrected chi connectivity index (χ4v) is 0. The van der Waals surface area contributed by atoms with Gasteiger partial charge in [-0.3, -0.25) is 0 Å². The van der Waals surface area contributed by atoms with Crippen LogP contribution < -0.4 is 0 Å². The molecule has 0 aliphatic carbocycles. The first-order chi connectivity index (χ1) is 1.41. The van der Waals surface area contributed by atoms with Crippen LogP contribution in [0.3, 0.4) is 0 Å². The van der Waals surface area contributed by atoms with Gasteiger partial charge in [0.1, 0.15) is 0 Å². The molecule has 1 nitrogen and oxygen atoms in total. The van der Waals surface area contributed by atoms with Crippen molar-refractivity contribution in [2.75, 3.05) is 14.1 Å². The average Bonchev–Trinajstić information content (AvgIpc) is 0.918. The summed E-state index contributed by atoms with van der Waals surface area (Å²) in [7, 11) is 3.50. The SMILES string of the molecule is C[N-]C.[CH3-].[Y].[Y]. The van der Waals surface area contributed by atoms with Gasteiger partial charge in [-0.25, -0.2) is 0 Å². The Morgan fingerprint density at radius 3 is 1.00 bits per heavy atom. The molecule has 0 saturated heterocycles. The molecule has 0 spiro atoms. The molecule has 0 amide bonds. The number of nitrogens with zero attached hydrogens (tertiary/aromatic N) is 1. The summed E-state index contributed by atoms with van der Waals surface area (Å²) in [4.78, 5) is 0. The van der Waals surface area contributed by atoms with Gasteiger partial charge in [0.2, 0.25) is 0 Å². The summed E-state index contributed by atoms with van der Waals surface area (Å²) in [6.45, 7) is 0. The molecule has 0 aromatic carbocycles. The van der Waals surface area contributed by atoms with Crippen LogP contribution in [0.15, 0.2) is 0 Å². The van der Waals surface area contributed by atoms with Crippen molar-refractivity contribution < 1.29 is 65.4 Å². The average molecular weight is 237 g/mol. The van der Waals surface area contributed by atoms with Crippen LogP contribution in [0, 0.1) is 7.43 Å². The van der Waals surface area contributed by atoms with Crippen molar-refractivity contribution in [3.63, 3.8) is 0 Å². The fraction of sp³-hybridized carbons (Fsp3) is 0.667. The van der Waals surface area contributed by atoms with Crippen molar-refractivity contribution in [1.29, 1.82) is 0 Å². The molecule has 0 bridgehead atoms. The minimum Gasteiger partial charge on any atom is -0.668 e. The molecular weight excluding hydrogens is 228 g/mol. The van der Waals surface area contributed by atoms with E-state index < -0.39 is 0 Å². The van der Waals surface area contributed by atoms with E-state index in [2.05, 4.69) is 5.32 Å². The topological polar surface area (TPSA) is 14.1 Å². The van der Waals surface area contributed by atoms with Gasteiger partial charge >= 0.3 is 0 Å². The van der Waals surface area contributed by atoms with E-state index in [9.17, 15) is 0 Å². The van der Waals surface area contributed by atoms with E-state index in [1.54, 1.807) is 14.1 Å². The summed E-state index contributed by atoms with van der Waals surface area (Å²) in [5.74, 6) is 0. The van der Waals surface area contributed by atoms with Gasteiger partial charge in [-0.1, -0.05) is 0 Å². The van der Waals surface area contributed by atoms with Crippen LogP contribution in [-0.4, -0.2) is 14.1 Å². The van der Waals surface area contributed by atoms with Gasteiger partial charge in [0.15, 0.2) is 0 Å². The van der Waals surface area contributed by atoms with Gasteiger partial charge in [-0.05, 0) is 0 Å². The van der Waals surface area contributed by atoms with Crippen LogP contribution in [0.25, 0.3) is 5.32 Å². The molecule has 0 saturated carbocycles. The molecule has 34 valence electrons. The molecule has 0 aliphatic heterocycles. The van der Waals surface area contributed by atoms with Gasteiger partial charge in [0, 0.05) is 65.4 Å². The first-order valence-corrected chi connectivity index (χ1v) is 0.894. The van der Waals surface area contributed by atoms with Crippen molar-refractivity contribution in [2.45, 2.75) is 0 Å². The molecule has 0 rings (SSSR count). The van der Waals surface area contributed by atoms with Crippen LogP contribution in [0.5, 0.6) is 0 Å². The van der Waals surface area contributed by atoms with E-state index in [4.69, 9.17) is 0 Å². The van der Waals surface area contributed by atoms with Gasteiger partial charge in [-0.15, -0.1) is 0 Å². The molecule has 0 N–H and O–H groups in total. The standard InChI is InChI=1S/C2H6N.CH3.2Y/c1-3-2;;;/h1-2H3;1H3;;/q2*-1;;. The zero-order valence-electron chi connectivity index (χ0n) is 4.60. The Morgan fingerprint density at radius 1 is 1.00 bits per heavy atom. The van der Waals surface area contributed by atoms with Crippen LogP contribution in [0.1, 0.15) is 0 Å². The van der Waals surface area contributed by atoms with E-state index in [0.29, 0.717) is 0 Å². The maximum absolute atomic E-state index is 3.50. The molecule has 0 heterocycles. The summed E-state index contributed by atoms with van der Waals surface area (Å²) >= 11 is 0. The maximum atomic E-state index is 3.50. The zero-order chi connectivity index (χ0) is 2.71. The second kappa shape index (κ2) is 27.2. The predicted octanol–water partition coefficient (Wildman–Crippen LogP) is 1.06. The molecule has 0 unspecified atom stereocenters. The second-order valence-electron chi connectivity index (χ2n) is 0.447. The molecule has 0 aliphatic rings. The van der Waals surface area contributed by atoms with Crippen LogP contribution >= 0.6 is 0 Å². The first-order valence-electron chi connectivity index (χ1n) is 0.894. The summed E-state index contributed by atoms with van der Waals surface area (Å²) in [5, 5.41) is 3.50. The third kappa shape index (κ3) is 35.1. The summed E-state index contributed by atoms with van der Waals surface area (Å²) in [5.41, 5.74) is 0. The Kier molecular flexibility index (Phi) is 109. The predicted molar refractivity (Wildman–Crippen MR) is 21.6 cm³/mol. The quantitative estimate of drug-likeness (QED) is 0.559. The fourth-order valence-electron chi connectivity index (χ4n) is 0. The minimum atomic E-state index is 0. The summed E-state index contributed by atoms with van der Waals surface area (Å²) < 4.78 is 0. The maximum Gasteiger partial charge on any atom is 0 e. The van der Waals surface area contributed by atoms with Crippen molar-refractivity contribution in [3.8, 4) is 0 Å². The normalized spacial score (nSPS) is 3.00. The monoisotopic (exact) mass is 237 g/mol. The third-order valence-electron chi connectivity index (χ3n) is 0. The third-order valence-corrected chi connectivity index (χ3v) is 0. The molecule has 6 heavy (non-hydrogen) atoms. The molecule has 2 radical (unpaired) electrons. The van der Waals surface area contributed by atoms with Crippen molar-refractivity contribution in [1.82, 2.24) is 0 Å². The number of hydrogen-bond acceptors (Lipinski definition) is 0. The largest absolute Gasteiger partial charge is 0.668 e. The van der Waals surface area contributed by atoms with Crippen LogP contribution in [0.4, 0.5) is 0 Å². The Hall–Kier alpha value is 2.17. The molecule has 3 heteroatoms. The summed E-state index contributed by atoms with van der Waals surface area (Å²) in [6.07, 6.45) is 0. The van der Waals surface area contributed by atoms with Crippen LogP contribution in [0.2, 0.25) is 0 Å². The van der Waals surface area contributed by atoms with E-state index in [1.807, 2.05) is 0 Å². The molecule has 0 aromatic heterocycles. The van der Waals surface area contributed by atoms with Crippen LogP contribution in [-0.2, 0) is 65.4 Å². The molecular formula is C3H9NY2-2. The molecule has 0 fully saturated rings. The number of hydrogen-bond donors (Lipinski definition) is 0. The first kappa shape index (κ1) is 24.2. The van der Waals surface area contributed by atoms with Gasteiger partial charge in [-0.2, -0.15) is 14.1 Å². The van der Waals surface area contributed by atoms with Gasteiger partial charge in [0.25, 0.3) is 0 Å². The van der Waals surface area contributed by atoms with E-state index in [-0.39, 0.29) is 72.8 Å². The van der Waals surface area contributed by atoms with E-state index in [1.165, 1.54) is 0 Å². The van der Waals surface area contributed by atoms with Gasteiger partial charge in [0.05, 0.1) is 0 Å². The van der Waals surface area contributed by atoms with E-state index >= 15 is 0 Å². The van der Waals surface area contributed by atoms with Crippen molar-refractivity contribution >= 4 is 0 Å². The minimum absolute atomic E-state index is 0. The van der Waals surface area contributed by atoms with Crippen molar-refractivity contribution in [2.24, 2.45) is 0 Å². The van der Waals surface area contributed by atoms with Gasteiger partial charge < -0.3 is 12.7 Å². The Labute approximate surface area is 90.8 Å². The second-order valence-corrected chi connectivity index (χ2v) is 0.447. The Bertz CT molecular complexity index is 8.75. The number of rotatable bonds is 0. The smallest absolute Gasteiger partial charge is 0 e. The van der Waals surface area contributed by atoms with Crippen molar-refractivity contribution in [3.05, 3.63) is 12.7 Å². The molecule has 0 atom stereocenters. The van der Waals surface area contributed by atoms with E-state index in [0.717, 1.165) is 0 Å². The Balaban J connectivity index is -0.00000000667. The zero-order valence-corrected chi connectivity index (χ0v) is 10.3. The Morgan fingerprint density at radius 2 is 1.00 bits per heavy atom. The molecule has 0 aromatic rings.